The number of hydrogen-bond donors (Lipinski definition) is 2. The van der Waals surface area contributed by atoms with E-state index < -0.39 is 5.97 Å². The van der Waals surface area contributed by atoms with Crippen molar-refractivity contribution in [3.05, 3.63) is 84.6 Å². The number of benzene rings is 3. The predicted molar refractivity (Wildman–Crippen MR) is 144 cm³/mol. The topological polar surface area (TPSA) is 80.7 Å². The van der Waals surface area contributed by atoms with Crippen LogP contribution in [0.3, 0.4) is 0 Å². The Labute approximate surface area is 211 Å². The molecule has 0 unspecified atom stereocenters. The summed E-state index contributed by atoms with van der Waals surface area (Å²) in [7, 11) is 0. The van der Waals surface area contributed by atoms with E-state index in [0.29, 0.717) is 13.2 Å². The third-order valence-corrected chi connectivity index (χ3v) is 5.92. The lowest BCUT2D eigenvalue weighted by Gasteiger charge is -2.15. The van der Waals surface area contributed by atoms with E-state index in [9.17, 15) is 4.79 Å². The van der Waals surface area contributed by atoms with Crippen LogP contribution in [0.2, 0.25) is 0 Å². The Morgan fingerprint density at radius 1 is 0.917 bits per heavy atom. The fraction of sp³-hybridized carbons (Fsp3) is 0.267. The van der Waals surface area contributed by atoms with Crippen LogP contribution in [0.5, 0.6) is 11.5 Å². The Morgan fingerprint density at radius 2 is 1.67 bits per heavy atom. The Bertz CT molecular complexity index is 1270. The van der Waals surface area contributed by atoms with Gasteiger partial charge >= 0.3 is 5.97 Å². The van der Waals surface area contributed by atoms with Gasteiger partial charge in [-0.1, -0.05) is 43.7 Å². The molecular formula is C30H32N2O4. The van der Waals surface area contributed by atoms with Crippen LogP contribution in [0.15, 0.2) is 79.0 Å². The summed E-state index contributed by atoms with van der Waals surface area (Å²) in [5.74, 6) is 0.778. The number of carbonyl (C=O) groups is 1. The van der Waals surface area contributed by atoms with Crippen LogP contribution in [-0.2, 0) is 11.2 Å². The van der Waals surface area contributed by atoms with E-state index in [1.54, 1.807) is 0 Å². The number of nitrogens with zero attached hydrogens (tertiary/aromatic N) is 1. The maximum absolute atomic E-state index is 10.6. The minimum absolute atomic E-state index is 0.109. The average molecular weight is 485 g/mol. The molecule has 0 saturated heterocycles. The minimum Gasteiger partial charge on any atom is -0.494 e. The number of anilines is 1. The summed E-state index contributed by atoms with van der Waals surface area (Å²) in [6.07, 6.45) is 5.56. The van der Waals surface area contributed by atoms with Crippen LogP contribution >= 0.6 is 0 Å². The van der Waals surface area contributed by atoms with E-state index in [4.69, 9.17) is 19.6 Å². The molecule has 0 aliphatic rings. The molecule has 0 spiro atoms. The first kappa shape index (κ1) is 25.0. The van der Waals surface area contributed by atoms with Gasteiger partial charge in [0.25, 0.3) is 0 Å². The summed E-state index contributed by atoms with van der Waals surface area (Å²) in [4.78, 5) is 15.4. The highest BCUT2D eigenvalue weighted by molar-refractivity contribution is 5.96. The van der Waals surface area contributed by atoms with Crippen LogP contribution in [0.25, 0.3) is 22.0 Å². The highest BCUT2D eigenvalue weighted by Gasteiger charge is 2.13. The van der Waals surface area contributed by atoms with Gasteiger partial charge in [-0.25, -0.2) is 0 Å². The molecule has 0 amide bonds. The van der Waals surface area contributed by atoms with Gasteiger partial charge in [0, 0.05) is 22.8 Å². The molecule has 186 valence electrons. The third kappa shape index (κ3) is 6.54. The molecule has 0 saturated carbocycles. The smallest absolute Gasteiger partial charge is 0.322 e. The van der Waals surface area contributed by atoms with Crippen molar-refractivity contribution in [2.75, 3.05) is 25.1 Å². The molecule has 0 aliphatic carbocycles. The van der Waals surface area contributed by atoms with Crippen LogP contribution < -0.4 is 14.8 Å². The van der Waals surface area contributed by atoms with Crippen molar-refractivity contribution >= 4 is 22.6 Å². The Morgan fingerprint density at radius 3 is 2.39 bits per heavy atom. The van der Waals surface area contributed by atoms with Gasteiger partial charge in [0.1, 0.15) is 18.0 Å². The van der Waals surface area contributed by atoms with Crippen molar-refractivity contribution in [3.8, 4) is 22.6 Å². The van der Waals surface area contributed by atoms with Crippen molar-refractivity contribution in [2.24, 2.45) is 0 Å². The number of aliphatic carboxylic acids is 1. The maximum atomic E-state index is 10.6. The summed E-state index contributed by atoms with van der Waals surface area (Å²) < 4.78 is 12.0. The fourth-order valence-corrected chi connectivity index (χ4v) is 4.18. The van der Waals surface area contributed by atoms with E-state index in [1.807, 2.05) is 36.5 Å². The summed E-state index contributed by atoms with van der Waals surface area (Å²) in [5.41, 5.74) is 5.31. The normalized spacial score (nSPS) is 10.8. The first-order chi connectivity index (χ1) is 17.7. The lowest BCUT2D eigenvalue weighted by Crippen LogP contribution is -2.12. The van der Waals surface area contributed by atoms with Crippen LogP contribution in [0, 0.1) is 0 Å². The lowest BCUT2D eigenvalue weighted by atomic mass is 9.97. The van der Waals surface area contributed by atoms with Crippen molar-refractivity contribution in [2.45, 2.75) is 32.6 Å². The molecule has 0 fully saturated rings. The average Bonchev–Trinajstić information content (AvgIpc) is 2.91. The molecule has 0 aliphatic heterocycles. The van der Waals surface area contributed by atoms with Gasteiger partial charge < -0.3 is 19.9 Å². The van der Waals surface area contributed by atoms with Crippen LogP contribution in [0.4, 0.5) is 5.69 Å². The maximum Gasteiger partial charge on any atom is 0.322 e. The highest BCUT2D eigenvalue weighted by Crippen LogP contribution is 2.34. The molecular weight excluding hydrogens is 452 g/mol. The van der Waals surface area contributed by atoms with E-state index in [2.05, 4.69) is 54.7 Å². The molecule has 4 aromatic rings. The fourth-order valence-electron chi connectivity index (χ4n) is 4.18. The zero-order valence-electron chi connectivity index (χ0n) is 20.6. The number of ether oxygens (including phenoxy) is 2. The second kappa shape index (κ2) is 12.6. The zero-order valence-corrected chi connectivity index (χ0v) is 20.6. The molecule has 4 rings (SSSR count). The highest BCUT2D eigenvalue weighted by atomic mass is 16.5. The van der Waals surface area contributed by atoms with Gasteiger partial charge in [0.05, 0.1) is 18.7 Å². The third-order valence-electron chi connectivity index (χ3n) is 5.92. The van der Waals surface area contributed by atoms with E-state index in [1.165, 1.54) is 16.7 Å². The van der Waals surface area contributed by atoms with Gasteiger partial charge in [-0.05, 0) is 72.9 Å². The standard InChI is InChI=1S/C30H32N2O4/c1-2-8-27-28(16-15-26-25(17-18-31-30(26)27)22-9-4-3-5-10-22)36-20-7-6-19-35-24-13-11-23(12-14-24)32-21-29(33)34/h3-5,9-18,32H,2,6-8,19-21H2,1H3,(H,33,34). The number of carboxylic acids is 1. The molecule has 1 aromatic heterocycles. The summed E-state index contributed by atoms with van der Waals surface area (Å²) in [6.45, 7) is 3.27. The molecule has 0 bridgehead atoms. The number of hydrogen-bond acceptors (Lipinski definition) is 5. The molecule has 6 heteroatoms. The number of unbranched alkanes of at least 4 members (excludes halogenated alkanes) is 1. The minimum atomic E-state index is -0.892. The zero-order chi connectivity index (χ0) is 25.2. The molecule has 1 heterocycles. The van der Waals surface area contributed by atoms with Gasteiger partial charge in [0.2, 0.25) is 0 Å². The van der Waals surface area contributed by atoms with Crippen molar-refractivity contribution in [3.63, 3.8) is 0 Å². The summed E-state index contributed by atoms with van der Waals surface area (Å²) in [6, 6.07) is 24.0. The number of aromatic nitrogens is 1. The number of pyridine rings is 1. The Kier molecular flexibility index (Phi) is 8.76. The van der Waals surface area contributed by atoms with Gasteiger partial charge in [-0.15, -0.1) is 0 Å². The predicted octanol–water partition coefficient (Wildman–Crippen LogP) is 6.59. The number of rotatable bonds is 13. The monoisotopic (exact) mass is 484 g/mol. The summed E-state index contributed by atoms with van der Waals surface area (Å²) >= 11 is 0. The molecule has 0 radical (unpaired) electrons. The molecule has 6 nitrogen and oxygen atoms in total. The second-order valence-corrected chi connectivity index (χ2v) is 8.59. The van der Waals surface area contributed by atoms with Gasteiger partial charge in [-0.3, -0.25) is 9.78 Å². The molecule has 36 heavy (non-hydrogen) atoms. The molecule has 2 N–H and O–H groups in total. The van der Waals surface area contributed by atoms with E-state index in [-0.39, 0.29) is 6.54 Å². The number of carboxylic acid groups (broad SMARTS) is 1. The number of fused-ring (bicyclic) bond motifs is 1. The first-order valence-electron chi connectivity index (χ1n) is 12.4. The quantitative estimate of drug-likeness (QED) is 0.208. The SMILES string of the molecule is CCCc1c(OCCCCOc2ccc(NCC(=O)O)cc2)ccc2c(-c3ccccc3)ccnc12. The van der Waals surface area contributed by atoms with Crippen LogP contribution in [0.1, 0.15) is 31.7 Å². The summed E-state index contributed by atoms with van der Waals surface area (Å²) in [5, 5.41) is 12.7. The Hall–Kier alpha value is -4.06. The van der Waals surface area contributed by atoms with Gasteiger partial charge in [0.15, 0.2) is 0 Å². The van der Waals surface area contributed by atoms with Crippen LogP contribution in [-0.4, -0.2) is 35.8 Å². The Balaban J connectivity index is 1.32. The van der Waals surface area contributed by atoms with Crippen molar-refractivity contribution < 1.29 is 19.4 Å². The van der Waals surface area contributed by atoms with Crippen molar-refractivity contribution in [1.29, 1.82) is 0 Å². The lowest BCUT2D eigenvalue weighted by molar-refractivity contribution is -0.134. The number of nitrogens with one attached hydrogen (secondary N) is 1. The van der Waals surface area contributed by atoms with E-state index >= 15 is 0 Å². The van der Waals surface area contributed by atoms with Gasteiger partial charge in [-0.2, -0.15) is 0 Å². The van der Waals surface area contributed by atoms with E-state index in [0.717, 1.165) is 53.8 Å². The van der Waals surface area contributed by atoms with Crippen molar-refractivity contribution in [1.82, 2.24) is 4.98 Å². The molecule has 0 atom stereocenters. The number of aryl methyl sites for hydroxylation is 1. The molecule has 3 aromatic carbocycles. The second-order valence-electron chi connectivity index (χ2n) is 8.59. The first-order valence-corrected chi connectivity index (χ1v) is 12.4. The largest absolute Gasteiger partial charge is 0.494 e.